The number of nitrogens with zero attached hydrogens (tertiary/aromatic N) is 2. The van der Waals surface area contributed by atoms with Crippen LogP contribution in [0.2, 0.25) is 5.02 Å². The van der Waals surface area contributed by atoms with E-state index in [4.69, 9.17) is 29.9 Å². The molecule has 0 spiro atoms. The van der Waals surface area contributed by atoms with Gasteiger partial charge in [-0.2, -0.15) is 0 Å². The van der Waals surface area contributed by atoms with E-state index in [1.54, 1.807) is 42.5 Å². The predicted molar refractivity (Wildman–Crippen MR) is 114 cm³/mol. The van der Waals surface area contributed by atoms with Crippen molar-refractivity contribution >= 4 is 40.3 Å². The Kier molecular flexibility index (Phi) is 6.24. The molecule has 0 amide bonds. The SMILES string of the molecule is COc1ccc2c(COC(=O)CSc3nnc(-c4ccc(Cl)cc4)o3)cc(=O)oc2c1. The fraction of sp³-hybridized carbons (Fsp3) is 0.143. The molecule has 0 radical (unpaired) electrons. The van der Waals surface area contributed by atoms with Crippen LogP contribution < -0.4 is 10.4 Å². The molecule has 2 aromatic carbocycles. The number of thioether (sulfide) groups is 1. The van der Waals surface area contributed by atoms with E-state index in [-0.39, 0.29) is 17.6 Å². The van der Waals surface area contributed by atoms with E-state index >= 15 is 0 Å². The molecule has 0 saturated heterocycles. The lowest BCUT2D eigenvalue weighted by molar-refractivity contribution is -0.141. The van der Waals surface area contributed by atoms with Crippen LogP contribution in [0, 0.1) is 0 Å². The molecule has 2 aromatic heterocycles. The van der Waals surface area contributed by atoms with E-state index in [2.05, 4.69) is 10.2 Å². The van der Waals surface area contributed by atoms with E-state index in [0.29, 0.717) is 33.2 Å². The highest BCUT2D eigenvalue weighted by atomic mass is 35.5. The van der Waals surface area contributed by atoms with Crippen molar-refractivity contribution < 1.29 is 23.1 Å². The molecule has 10 heteroatoms. The molecule has 0 aliphatic heterocycles. The van der Waals surface area contributed by atoms with Gasteiger partial charge in [0.25, 0.3) is 5.22 Å². The molecule has 0 fully saturated rings. The quantitative estimate of drug-likeness (QED) is 0.227. The average molecular weight is 459 g/mol. The highest BCUT2D eigenvalue weighted by Gasteiger charge is 2.14. The van der Waals surface area contributed by atoms with Gasteiger partial charge in [-0.15, -0.1) is 10.2 Å². The molecule has 4 aromatic rings. The Labute approximate surface area is 185 Å². The normalized spacial score (nSPS) is 10.9. The van der Waals surface area contributed by atoms with Gasteiger partial charge in [0, 0.05) is 33.7 Å². The standard InChI is InChI=1S/C21H15ClN2O6S/c1-27-15-6-7-16-13(8-18(25)29-17(16)9-15)10-28-19(26)11-31-21-24-23-20(30-21)12-2-4-14(22)5-3-12/h2-9H,10-11H2,1H3. The zero-order valence-corrected chi connectivity index (χ0v) is 17.7. The molecule has 31 heavy (non-hydrogen) atoms. The Morgan fingerprint density at radius 1 is 1.10 bits per heavy atom. The maximum Gasteiger partial charge on any atom is 0.336 e. The summed E-state index contributed by atoms with van der Waals surface area (Å²) in [5.74, 6) is 0.352. The molecule has 0 bridgehead atoms. The van der Waals surface area contributed by atoms with Crippen LogP contribution >= 0.6 is 23.4 Å². The predicted octanol–water partition coefficient (Wildman–Crippen LogP) is 4.34. The number of halogens is 1. The van der Waals surface area contributed by atoms with Crippen LogP contribution in [-0.4, -0.2) is 29.0 Å². The molecule has 8 nitrogen and oxygen atoms in total. The second-order valence-electron chi connectivity index (χ2n) is 6.28. The van der Waals surface area contributed by atoms with Gasteiger partial charge in [-0.3, -0.25) is 4.79 Å². The first-order chi connectivity index (χ1) is 15.0. The average Bonchev–Trinajstić information content (AvgIpc) is 3.25. The molecule has 0 saturated carbocycles. The molecule has 0 aliphatic carbocycles. The van der Waals surface area contributed by atoms with E-state index in [9.17, 15) is 9.59 Å². The molecule has 0 aliphatic rings. The van der Waals surface area contributed by atoms with Crippen LogP contribution in [0.5, 0.6) is 5.75 Å². The zero-order valence-electron chi connectivity index (χ0n) is 16.2. The number of hydrogen-bond donors (Lipinski definition) is 0. The molecule has 0 N–H and O–H groups in total. The highest BCUT2D eigenvalue weighted by molar-refractivity contribution is 7.99. The summed E-state index contributed by atoms with van der Waals surface area (Å²) < 4.78 is 21.2. The number of rotatable bonds is 7. The number of aromatic nitrogens is 2. The van der Waals surface area contributed by atoms with Crippen LogP contribution in [0.3, 0.4) is 0 Å². The lowest BCUT2D eigenvalue weighted by Gasteiger charge is -2.07. The first-order valence-corrected chi connectivity index (χ1v) is 10.4. The summed E-state index contributed by atoms with van der Waals surface area (Å²) in [7, 11) is 1.52. The van der Waals surface area contributed by atoms with Gasteiger partial charge < -0.3 is 18.3 Å². The van der Waals surface area contributed by atoms with Crippen molar-refractivity contribution in [2.75, 3.05) is 12.9 Å². The number of benzene rings is 2. The molecular formula is C21H15ClN2O6S. The minimum atomic E-state index is -0.540. The Morgan fingerprint density at radius 2 is 1.90 bits per heavy atom. The van der Waals surface area contributed by atoms with Crippen LogP contribution in [0.25, 0.3) is 22.4 Å². The molecule has 2 heterocycles. The van der Waals surface area contributed by atoms with E-state index in [0.717, 1.165) is 17.3 Å². The van der Waals surface area contributed by atoms with Gasteiger partial charge in [0.1, 0.15) is 23.7 Å². The Hall–Kier alpha value is -3.30. The van der Waals surface area contributed by atoms with Crippen LogP contribution in [-0.2, 0) is 16.1 Å². The van der Waals surface area contributed by atoms with Gasteiger partial charge in [0.05, 0.1) is 7.11 Å². The van der Waals surface area contributed by atoms with Gasteiger partial charge in [0.15, 0.2) is 0 Å². The summed E-state index contributed by atoms with van der Waals surface area (Å²) in [5, 5.41) is 9.37. The van der Waals surface area contributed by atoms with Crippen LogP contribution in [0.15, 0.2) is 67.4 Å². The van der Waals surface area contributed by atoms with Crippen molar-refractivity contribution in [2.24, 2.45) is 0 Å². The molecule has 158 valence electrons. The van der Waals surface area contributed by atoms with E-state index < -0.39 is 11.6 Å². The van der Waals surface area contributed by atoms with Crippen molar-refractivity contribution in [3.05, 3.63) is 69.5 Å². The highest BCUT2D eigenvalue weighted by Crippen LogP contribution is 2.25. The maximum atomic E-state index is 12.2. The first kappa shape index (κ1) is 21.0. The lowest BCUT2D eigenvalue weighted by atomic mass is 10.1. The minimum Gasteiger partial charge on any atom is -0.497 e. The minimum absolute atomic E-state index is 0.0323. The Balaban J connectivity index is 1.37. The third kappa shape index (κ3) is 5.07. The largest absolute Gasteiger partial charge is 0.497 e. The van der Waals surface area contributed by atoms with Gasteiger partial charge >= 0.3 is 11.6 Å². The molecule has 0 unspecified atom stereocenters. The zero-order chi connectivity index (χ0) is 21.8. The third-order valence-corrected chi connectivity index (χ3v) is 5.28. The van der Waals surface area contributed by atoms with Crippen molar-refractivity contribution in [2.45, 2.75) is 11.8 Å². The summed E-state index contributed by atoms with van der Waals surface area (Å²) in [6, 6.07) is 13.3. The number of carbonyl (C=O) groups is 1. The summed E-state index contributed by atoms with van der Waals surface area (Å²) in [6.07, 6.45) is 0. The molecule has 0 atom stereocenters. The van der Waals surface area contributed by atoms with E-state index in [1.165, 1.54) is 13.2 Å². The topological polar surface area (TPSA) is 105 Å². The number of carbonyl (C=O) groups excluding carboxylic acids is 1. The van der Waals surface area contributed by atoms with Crippen molar-refractivity contribution in [3.8, 4) is 17.2 Å². The monoisotopic (exact) mass is 458 g/mol. The second-order valence-corrected chi connectivity index (χ2v) is 7.65. The van der Waals surface area contributed by atoms with Gasteiger partial charge in [-0.25, -0.2) is 4.79 Å². The van der Waals surface area contributed by atoms with E-state index in [1.807, 2.05) is 0 Å². The summed E-state index contributed by atoms with van der Waals surface area (Å²) in [4.78, 5) is 24.0. The fourth-order valence-electron chi connectivity index (χ4n) is 2.75. The van der Waals surface area contributed by atoms with Gasteiger partial charge in [-0.05, 0) is 36.4 Å². The Morgan fingerprint density at radius 3 is 2.68 bits per heavy atom. The number of fused-ring (bicyclic) bond motifs is 1. The number of esters is 1. The smallest absolute Gasteiger partial charge is 0.336 e. The van der Waals surface area contributed by atoms with Crippen molar-refractivity contribution in [1.82, 2.24) is 10.2 Å². The van der Waals surface area contributed by atoms with Crippen molar-refractivity contribution in [1.29, 1.82) is 0 Å². The summed E-state index contributed by atoms with van der Waals surface area (Å²) >= 11 is 6.92. The van der Waals surface area contributed by atoms with Crippen molar-refractivity contribution in [3.63, 3.8) is 0 Å². The number of hydrogen-bond acceptors (Lipinski definition) is 9. The molecular weight excluding hydrogens is 444 g/mol. The van der Waals surface area contributed by atoms with Gasteiger partial charge in [0.2, 0.25) is 5.89 Å². The second kappa shape index (κ2) is 9.23. The Bertz CT molecular complexity index is 1290. The third-order valence-electron chi connectivity index (χ3n) is 4.24. The van der Waals surface area contributed by atoms with Crippen LogP contribution in [0.4, 0.5) is 0 Å². The number of methoxy groups -OCH3 is 1. The van der Waals surface area contributed by atoms with Gasteiger partial charge in [-0.1, -0.05) is 23.4 Å². The molecule has 4 rings (SSSR count). The number of ether oxygens (including phenoxy) is 2. The summed E-state index contributed by atoms with van der Waals surface area (Å²) in [6.45, 7) is -0.0757. The van der Waals surface area contributed by atoms with Crippen LogP contribution in [0.1, 0.15) is 5.56 Å². The summed E-state index contributed by atoms with van der Waals surface area (Å²) in [5.41, 5.74) is 1.07. The maximum absolute atomic E-state index is 12.2. The first-order valence-electron chi connectivity index (χ1n) is 9.00. The lowest BCUT2D eigenvalue weighted by Crippen LogP contribution is -2.09. The fourth-order valence-corrected chi connectivity index (χ4v) is 3.44.